The number of nitrogens with zero attached hydrogens (tertiary/aromatic N) is 1. The molecule has 1 fully saturated rings. The third-order valence-electron chi connectivity index (χ3n) is 7.14. The van der Waals surface area contributed by atoms with Crippen LogP contribution in [0.5, 0.6) is 0 Å². The SMILES string of the molecule is O=C1[C@H]2C3c4ccccc4C(CO)(c4ccccc43)[C@H]2C(=O)N1c1ccccc1Cl. The molecule has 1 saturated heterocycles. The van der Waals surface area contributed by atoms with E-state index in [0.717, 1.165) is 22.3 Å². The summed E-state index contributed by atoms with van der Waals surface area (Å²) in [5, 5.41) is 11.2. The summed E-state index contributed by atoms with van der Waals surface area (Å²) in [5.74, 6) is -1.99. The Balaban J connectivity index is 1.66. The molecule has 4 aliphatic rings. The third-order valence-corrected chi connectivity index (χ3v) is 7.46. The van der Waals surface area contributed by atoms with Gasteiger partial charge in [0.05, 0.1) is 34.6 Å². The zero-order valence-corrected chi connectivity index (χ0v) is 16.7. The molecule has 5 heteroatoms. The Labute approximate surface area is 178 Å². The van der Waals surface area contributed by atoms with E-state index in [9.17, 15) is 14.7 Å². The number of aliphatic hydroxyl groups excluding tert-OH is 1. The fraction of sp³-hybridized carbons (Fsp3) is 0.200. The van der Waals surface area contributed by atoms with Gasteiger partial charge in [-0.15, -0.1) is 0 Å². The molecule has 0 radical (unpaired) electrons. The summed E-state index contributed by atoms with van der Waals surface area (Å²) in [6, 6.07) is 22.7. The van der Waals surface area contributed by atoms with Gasteiger partial charge >= 0.3 is 0 Å². The van der Waals surface area contributed by atoms with Gasteiger partial charge in [-0.25, -0.2) is 4.90 Å². The Morgan fingerprint density at radius 3 is 2.00 bits per heavy atom. The van der Waals surface area contributed by atoms with Crippen molar-refractivity contribution in [3.63, 3.8) is 0 Å². The van der Waals surface area contributed by atoms with E-state index >= 15 is 0 Å². The summed E-state index contributed by atoms with van der Waals surface area (Å²) >= 11 is 6.37. The zero-order valence-electron chi connectivity index (χ0n) is 16.0. The number of benzene rings is 3. The quantitative estimate of drug-likeness (QED) is 0.646. The van der Waals surface area contributed by atoms with Gasteiger partial charge in [-0.2, -0.15) is 0 Å². The van der Waals surface area contributed by atoms with Crippen molar-refractivity contribution in [1.29, 1.82) is 0 Å². The Hall–Kier alpha value is -2.95. The maximum atomic E-state index is 13.8. The van der Waals surface area contributed by atoms with Gasteiger partial charge in [0.25, 0.3) is 0 Å². The Morgan fingerprint density at radius 1 is 0.833 bits per heavy atom. The second-order valence-electron chi connectivity index (χ2n) is 8.25. The first kappa shape index (κ1) is 17.9. The summed E-state index contributed by atoms with van der Waals surface area (Å²) in [5.41, 5.74) is 3.39. The third kappa shape index (κ3) is 1.91. The predicted octanol–water partition coefficient (Wildman–Crippen LogP) is 3.88. The van der Waals surface area contributed by atoms with Crippen LogP contribution in [0.4, 0.5) is 5.69 Å². The number of aliphatic hydroxyl groups is 1. The molecule has 0 unspecified atom stereocenters. The average molecular weight is 416 g/mol. The lowest BCUT2D eigenvalue weighted by Gasteiger charge is -2.53. The Bertz CT molecular complexity index is 1190. The molecule has 2 atom stereocenters. The van der Waals surface area contributed by atoms with Crippen LogP contribution in [0.2, 0.25) is 5.02 Å². The molecule has 1 aliphatic heterocycles. The van der Waals surface area contributed by atoms with Crippen LogP contribution in [0.3, 0.4) is 0 Å². The monoisotopic (exact) mass is 415 g/mol. The molecular formula is C25H18ClNO3. The first-order valence-electron chi connectivity index (χ1n) is 10.0. The summed E-state index contributed by atoms with van der Waals surface area (Å²) in [4.78, 5) is 28.8. The number of halogens is 1. The molecule has 4 nitrogen and oxygen atoms in total. The van der Waals surface area contributed by atoms with Crippen LogP contribution in [0.15, 0.2) is 72.8 Å². The van der Waals surface area contributed by atoms with Crippen molar-refractivity contribution in [1.82, 2.24) is 0 Å². The van der Waals surface area contributed by atoms with Crippen molar-refractivity contribution in [2.45, 2.75) is 11.3 Å². The molecule has 7 rings (SSSR count). The molecule has 0 aromatic heterocycles. The highest BCUT2D eigenvalue weighted by atomic mass is 35.5. The van der Waals surface area contributed by atoms with E-state index in [1.54, 1.807) is 24.3 Å². The first-order chi connectivity index (χ1) is 14.6. The van der Waals surface area contributed by atoms with Gasteiger partial charge < -0.3 is 5.11 Å². The maximum absolute atomic E-state index is 13.8. The van der Waals surface area contributed by atoms with Gasteiger partial charge in [-0.1, -0.05) is 72.3 Å². The summed E-state index contributed by atoms with van der Waals surface area (Å²) in [6.07, 6.45) is 0. The van der Waals surface area contributed by atoms with E-state index in [-0.39, 0.29) is 24.3 Å². The van der Waals surface area contributed by atoms with Gasteiger partial charge in [0.2, 0.25) is 11.8 Å². The molecule has 1 heterocycles. The number of para-hydroxylation sites is 1. The molecule has 3 aromatic carbocycles. The number of anilines is 1. The van der Waals surface area contributed by atoms with E-state index in [1.807, 2.05) is 48.5 Å². The van der Waals surface area contributed by atoms with E-state index in [1.165, 1.54) is 4.90 Å². The highest BCUT2D eigenvalue weighted by molar-refractivity contribution is 6.36. The van der Waals surface area contributed by atoms with E-state index < -0.39 is 17.3 Å². The minimum atomic E-state index is -0.949. The second kappa shape index (κ2) is 6.03. The normalized spacial score (nSPS) is 28.3. The minimum absolute atomic E-state index is 0.222. The van der Waals surface area contributed by atoms with Crippen LogP contribution in [-0.2, 0) is 15.0 Å². The lowest BCUT2D eigenvalue weighted by Crippen LogP contribution is -2.55. The van der Waals surface area contributed by atoms with Crippen LogP contribution in [0.25, 0.3) is 0 Å². The minimum Gasteiger partial charge on any atom is -0.395 e. The molecule has 2 bridgehead atoms. The number of hydrogen-bond acceptors (Lipinski definition) is 3. The molecule has 1 N–H and O–H groups in total. The van der Waals surface area contributed by atoms with Crippen LogP contribution < -0.4 is 4.90 Å². The van der Waals surface area contributed by atoms with E-state index in [4.69, 9.17) is 11.6 Å². The van der Waals surface area contributed by atoms with Crippen molar-refractivity contribution in [2.75, 3.05) is 11.5 Å². The van der Waals surface area contributed by atoms with Gasteiger partial charge in [0.1, 0.15) is 0 Å². The Kier molecular flexibility index (Phi) is 3.59. The van der Waals surface area contributed by atoms with Crippen molar-refractivity contribution in [3.05, 3.63) is 100 Å². The van der Waals surface area contributed by atoms with Gasteiger partial charge in [-0.3, -0.25) is 9.59 Å². The van der Waals surface area contributed by atoms with Crippen LogP contribution >= 0.6 is 11.6 Å². The van der Waals surface area contributed by atoms with Crippen molar-refractivity contribution in [2.24, 2.45) is 11.8 Å². The van der Waals surface area contributed by atoms with E-state index in [2.05, 4.69) is 0 Å². The highest BCUT2D eigenvalue weighted by Gasteiger charge is 2.68. The summed E-state index contributed by atoms with van der Waals surface area (Å²) in [6.45, 7) is -0.246. The molecule has 3 aliphatic carbocycles. The molecule has 30 heavy (non-hydrogen) atoms. The summed E-state index contributed by atoms with van der Waals surface area (Å²) < 4.78 is 0. The van der Waals surface area contributed by atoms with Crippen LogP contribution in [0, 0.1) is 11.8 Å². The van der Waals surface area contributed by atoms with Crippen molar-refractivity contribution < 1.29 is 14.7 Å². The van der Waals surface area contributed by atoms with Crippen molar-refractivity contribution >= 4 is 29.1 Å². The molecule has 0 saturated carbocycles. The molecule has 2 amide bonds. The standard InChI is InChI=1S/C25H18ClNO3/c26-18-11-5-6-12-19(18)27-23(29)21-20-14-7-1-3-9-16(14)25(13-28,22(21)24(27)30)17-10-4-2-8-15(17)20/h1-12,20-22,28H,13H2/t20?,21-,22+,25?/m0/s1. The molecule has 3 aromatic rings. The number of amides is 2. The van der Waals surface area contributed by atoms with Gasteiger partial charge in [0, 0.05) is 5.92 Å². The largest absolute Gasteiger partial charge is 0.395 e. The zero-order chi connectivity index (χ0) is 20.6. The van der Waals surface area contributed by atoms with Crippen LogP contribution in [0.1, 0.15) is 28.2 Å². The van der Waals surface area contributed by atoms with Gasteiger partial charge in [0.15, 0.2) is 0 Å². The second-order valence-corrected chi connectivity index (χ2v) is 8.66. The summed E-state index contributed by atoms with van der Waals surface area (Å²) in [7, 11) is 0. The lowest BCUT2D eigenvalue weighted by atomic mass is 9.47. The fourth-order valence-electron chi connectivity index (χ4n) is 6.07. The number of imide groups is 1. The first-order valence-corrected chi connectivity index (χ1v) is 10.4. The average Bonchev–Trinajstić information content (AvgIpc) is 3.05. The topological polar surface area (TPSA) is 57.6 Å². The van der Waals surface area contributed by atoms with Crippen LogP contribution in [-0.4, -0.2) is 23.5 Å². The maximum Gasteiger partial charge on any atom is 0.239 e. The fourth-order valence-corrected chi connectivity index (χ4v) is 6.29. The molecule has 148 valence electrons. The number of carbonyl (C=O) groups excluding carboxylic acids is 2. The highest BCUT2D eigenvalue weighted by Crippen LogP contribution is 2.64. The molecular weight excluding hydrogens is 398 g/mol. The number of rotatable bonds is 2. The number of carbonyl (C=O) groups is 2. The number of hydrogen-bond donors (Lipinski definition) is 1. The van der Waals surface area contributed by atoms with E-state index in [0.29, 0.717) is 10.7 Å². The smallest absolute Gasteiger partial charge is 0.239 e. The van der Waals surface area contributed by atoms with Gasteiger partial charge in [-0.05, 0) is 34.4 Å². The van der Waals surface area contributed by atoms with Crippen molar-refractivity contribution in [3.8, 4) is 0 Å². The predicted molar refractivity (Wildman–Crippen MR) is 114 cm³/mol. The lowest BCUT2D eigenvalue weighted by molar-refractivity contribution is -0.124. The Morgan fingerprint density at radius 2 is 1.40 bits per heavy atom. The molecule has 0 spiro atoms.